The second-order valence-electron chi connectivity index (χ2n) is 8.01. The van der Waals surface area contributed by atoms with E-state index in [1.807, 2.05) is 6.07 Å². The number of thiol groups is 1. The lowest BCUT2D eigenvalue weighted by Crippen LogP contribution is -2.53. The Kier molecular flexibility index (Phi) is 17.2. The molecule has 8 unspecified atom stereocenters. The molecule has 0 radical (unpaired) electrons. The van der Waals surface area contributed by atoms with Gasteiger partial charge in [-0.1, -0.05) is 12.1 Å². The third kappa shape index (κ3) is 11.4. The topological polar surface area (TPSA) is 215 Å². The lowest BCUT2D eigenvalue weighted by atomic mass is 10.0. The molecule has 206 valence electrons. The predicted octanol–water partition coefficient (Wildman–Crippen LogP) is -3.91. The molecule has 0 saturated heterocycles. The first-order valence-corrected chi connectivity index (χ1v) is 11.4. The van der Waals surface area contributed by atoms with Crippen LogP contribution in [0.4, 0.5) is 0 Å². The Bertz CT molecular complexity index is 664. The molecule has 0 amide bonds. The number of nitrogens with zero attached hydrogens (tertiary/aromatic N) is 1. The third-order valence-electron chi connectivity index (χ3n) is 5.30. The van der Waals surface area contributed by atoms with E-state index in [-0.39, 0.29) is 38.6 Å². The fraction of sp³-hybridized carbons (Fsp3) is 0.714. The van der Waals surface area contributed by atoms with Crippen molar-refractivity contribution in [2.24, 2.45) is 0 Å². The Labute approximate surface area is 215 Å². The van der Waals surface area contributed by atoms with Gasteiger partial charge in [-0.3, -0.25) is 4.90 Å². The Morgan fingerprint density at radius 3 is 1.63 bits per heavy atom. The highest BCUT2D eigenvalue weighted by Crippen LogP contribution is 2.15. The molecule has 1 rings (SSSR count). The van der Waals surface area contributed by atoms with Crippen molar-refractivity contribution in [3.05, 3.63) is 29.8 Å². The molecule has 0 aliphatic heterocycles. The quantitative estimate of drug-likeness (QED) is 0.0844. The van der Waals surface area contributed by atoms with Gasteiger partial charge >= 0.3 is 0 Å². The Morgan fingerprint density at radius 1 is 0.743 bits per heavy atom. The Morgan fingerprint density at radius 2 is 1.20 bits per heavy atom. The Balaban J connectivity index is 0.0000116. The summed E-state index contributed by atoms with van der Waals surface area (Å²) in [5.74, 6) is 1.04. The van der Waals surface area contributed by atoms with E-state index < -0.39 is 62.0 Å². The van der Waals surface area contributed by atoms with Crippen LogP contribution < -0.4 is 4.74 Å². The second kappa shape index (κ2) is 17.6. The SMILES string of the molecule is Cl.OCC(O)C(O)C(O)C(O)CN(CCOc1cccc(CS)c1)CC(O)C(O)C(O)C(O)CO. The van der Waals surface area contributed by atoms with Crippen LogP contribution in [0.2, 0.25) is 0 Å². The molecule has 0 aliphatic rings. The zero-order chi connectivity index (χ0) is 25.8. The summed E-state index contributed by atoms with van der Waals surface area (Å²) in [6, 6.07) is 7.13. The van der Waals surface area contributed by atoms with Gasteiger partial charge in [-0.2, -0.15) is 12.6 Å². The zero-order valence-corrected chi connectivity index (χ0v) is 20.8. The second-order valence-corrected chi connectivity index (χ2v) is 8.33. The highest BCUT2D eigenvalue weighted by molar-refractivity contribution is 7.79. The average Bonchev–Trinajstić information content (AvgIpc) is 2.85. The maximum absolute atomic E-state index is 10.3. The maximum atomic E-state index is 10.3. The molecular weight excluding hydrogens is 510 g/mol. The average molecular weight is 548 g/mol. The highest BCUT2D eigenvalue weighted by Gasteiger charge is 2.34. The minimum Gasteiger partial charge on any atom is -0.492 e. The Hall–Kier alpha value is -0.780. The van der Waals surface area contributed by atoms with Gasteiger partial charge in [0, 0.05) is 25.4 Å². The van der Waals surface area contributed by atoms with Crippen molar-refractivity contribution in [3.63, 3.8) is 0 Å². The minimum absolute atomic E-state index is 0. The van der Waals surface area contributed by atoms with Gasteiger partial charge in [-0.25, -0.2) is 0 Å². The molecule has 0 fully saturated rings. The van der Waals surface area contributed by atoms with Crippen LogP contribution in [-0.2, 0) is 5.75 Å². The van der Waals surface area contributed by atoms with E-state index >= 15 is 0 Å². The number of aliphatic hydroxyl groups excluding tert-OH is 10. The molecule has 0 saturated carbocycles. The minimum atomic E-state index is -1.85. The van der Waals surface area contributed by atoms with Gasteiger partial charge in [0.25, 0.3) is 0 Å². The van der Waals surface area contributed by atoms with E-state index in [1.54, 1.807) is 18.2 Å². The van der Waals surface area contributed by atoms with E-state index in [1.165, 1.54) is 4.90 Å². The number of hydrogen-bond donors (Lipinski definition) is 11. The molecule has 8 atom stereocenters. The molecule has 14 heteroatoms. The summed E-state index contributed by atoms with van der Waals surface area (Å²) in [6.07, 6.45) is -14.0. The lowest BCUT2D eigenvalue weighted by Gasteiger charge is -2.33. The molecule has 0 heterocycles. The van der Waals surface area contributed by atoms with E-state index in [9.17, 15) is 40.9 Å². The van der Waals surface area contributed by atoms with Crippen molar-refractivity contribution in [3.8, 4) is 5.75 Å². The van der Waals surface area contributed by atoms with Crippen molar-refractivity contribution in [2.45, 2.75) is 54.6 Å². The van der Waals surface area contributed by atoms with Crippen LogP contribution in [0.15, 0.2) is 24.3 Å². The van der Waals surface area contributed by atoms with Crippen LogP contribution in [0, 0.1) is 0 Å². The molecule has 35 heavy (non-hydrogen) atoms. The number of hydrogen-bond acceptors (Lipinski definition) is 13. The number of rotatable bonds is 17. The standard InChI is InChI=1S/C21H37NO11S.ClH/c23-9-16(27)20(31)18(29)14(25)7-22(8-15(26)19(30)21(32)17(28)10-24)4-5-33-13-3-1-2-12(6-13)11-34;/h1-3,6,14-21,23-32,34H,4-5,7-11H2;1H. The predicted molar refractivity (Wildman–Crippen MR) is 131 cm³/mol. The van der Waals surface area contributed by atoms with Crippen LogP contribution >= 0.6 is 25.0 Å². The molecule has 1 aromatic carbocycles. The summed E-state index contributed by atoms with van der Waals surface area (Å²) in [5, 5.41) is 97.3. The third-order valence-corrected chi connectivity index (χ3v) is 5.66. The molecular formula is C21H38ClNO11S. The van der Waals surface area contributed by atoms with Crippen LogP contribution in [0.25, 0.3) is 0 Å². The van der Waals surface area contributed by atoms with Crippen molar-refractivity contribution >= 4 is 25.0 Å². The first-order valence-electron chi connectivity index (χ1n) is 10.8. The van der Waals surface area contributed by atoms with Crippen LogP contribution in [0.1, 0.15) is 5.56 Å². The van der Waals surface area contributed by atoms with Crippen LogP contribution in [-0.4, -0.2) is 144 Å². The van der Waals surface area contributed by atoms with Gasteiger partial charge in [-0.15, -0.1) is 12.4 Å². The summed E-state index contributed by atoms with van der Waals surface area (Å²) < 4.78 is 5.66. The van der Waals surface area contributed by atoms with E-state index in [2.05, 4.69) is 12.6 Å². The lowest BCUT2D eigenvalue weighted by molar-refractivity contribution is -0.130. The first-order chi connectivity index (χ1) is 16.0. The fourth-order valence-corrected chi connectivity index (χ4v) is 3.35. The van der Waals surface area contributed by atoms with Crippen LogP contribution in [0.3, 0.4) is 0 Å². The molecule has 0 bridgehead atoms. The van der Waals surface area contributed by atoms with Gasteiger partial charge in [0.05, 0.1) is 25.4 Å². The summed E-state index contributed by atoms with van der Waals surface area (Å²) in [6.45, 7) is -2.31. The smallest absolute Gasteiger partial charge is 0.119 e. The summed E-state index contributed by atoms with van der Waals surface area (Å²) in [7, 11) is 0. The van der Waals surface area contributed by atoms with Gasteiger partial charge in [0.1, 0.15) is 49.0 Å². The van der Waals surface area contributed by atoms with Gasteiger partial charge in [-0.05, 0) is 17.7 Å². The summed E-state index contributed by atoms with van der Waals surface area (Å²) >= 11 is 4.20. The van der Waals surface area contributed by atoms with Crippen molar-refractivity contribution in [2.75, 3.05) is 39.5 Å². The summed E-state index contributed by atoms with van der Waals surface area (Å²) in [5.41, 5.74) is 0.919. The van der Waals surface area contributed by atoms with E-state index in [4.69, 9.17) is 14.9 Å². The molecule has 0 aliphatic carbocycles. The normalized spacial score (nSPS) is 18.6. The number of aliphatic hydroxyl groups is 10. The number of ether oxygens (including phenoxy) is 1. The molecule has 1 aromatic rings. The summed E-state index contributed by atoms with van der Waals surface area (Å²) in [4.78, 5) is 1.36. The largest absolute Gasteiger partial charge is 0.492 e. The molecule has 12 nitrogen and oxygen atoms in total. The number of benzene rings is 1. The van der Waals surface area contributed by atoms with E-state index in [0.717, 1.165) is 5.56 Å². The van der Waals surface area contributed by atoms with Crippen molar-refractivity contribution in [1.82, 2.24) is 4.90 Å². The molecule has 10 N–H and O–H groups in total. The number of halogens is 1. The zero-order valence-electron chi connectivity index (χ0n) is 19.1. The van der Waals surface area contributed by atoms with Crippen molar-refractivity contribution in [1.29, 1.82) is 0 Å². The molecule has 0 spiro atoms. The van der Waals surface area contributed by atoms with Crippen molar-refractivity contribution < 1.29 is 55.8 Å². The van der Waals surface area contributed by atoms with Gasteiger partial charge < -0.3 is 55.8 Å². The molecule has 0 aromatic heterocycles. The fourth-order valence-electron chi connectivity index (χ4n) is 3.15. The van der Waals surface area contributed by atoms with Crippen LogP contribution in [0.5, 0.6) is 5.75 Å². The first kappa shape index (κ1) is 34.2. The highest BCUT2D eigenvalue weighted by atomic mass is 35.5. The van der Waals surface area contributed by atoms with Gasteiger partial charge in [0.2, 0.25) is 0 Å². The van der Waals surface area contributed by atoms with Gasteiger partial charge in [0.15, 0.2) is 0 Å². The monoisotopic (exact) mass is 547 g/mol. The van der Waals surface area contributed by atoms with E-state index in [0.29, 0.717) is 11.5 Å². The maximum Gasteiger partial charge on any atom is 0.119 e.